The van der Waals surface area contributed by atoms with E-state index in [1.165, 1.54) is 0 Å². The molecule has 0 amide bonds. The van der Waals surface area contributed by atoms with Crippen LogP contribution in [-0.2, 0) is 5.60 Å². The molecule has 0 saturated carbocycles. The third-order valence-corrected chi connectivity index (χ3v) is 3.12. The van der Waals surface area contributed by atoms with E-state index >= 15 is 0 Å². The molecule has 0 bridgehead atoms. The van der Waals surface area contributed by atoms with Crippen LogP contribution in [0, 0.1) is 0 Å². The maximum absolute atomic E-state index is 10.6. The molecule has 0 fully saturated rings. The van der Waals surface area contributed by atoms with Gasteiger partial charge in [-0.05, 0) is 24.1 Å². The zero-order chi connectivity index (χ0) is 12.8. The van der Waals surface area contributed by atoms with Crippen molar-refractivity contribution >= 4 is 0 Å². The topological polar surface area (TPSA) is 29.5 Å². The summed E-state index contributed by atoms with van der Waals surface area (Å²) in [5.74, 6) is 0.778. The first kappa shape index (κ1) is 12.7. The predicted molar refractivity (Wildman–Crippen MR) is 72.6 cm³/mol. The summed E-state index contributed by atoms with van der Waals surface area (Å²) in [6.45, 7) is 2.22. The van der Waals surface area contributed by atoms with Gasteiger partial charge in [-0.3, -0.25) is 0 Å². The highest BCUT2D eigenvalue weighted by Gasteiger charge is 2.27. The maximum Gasteiger partial charge on any atom is 0.123 e. The monoisotopic (exact) mass is 242 g/mol. The molecule has 1 atom stereocenters. The van der Waals surface area contributed by atoms with Crippen LogP contribution < -0.4 is 4.74 Å². The van der Waals surface area contributed by atoms with Crippen molar-refractivity contribution in [1.82, 2.24) is 0 Å². The summed E-state index contributed by atoms with van der Waals surface area (Å²) >= 11 is 0. The molecule has 0 aliphatic carbocycles. The smallest absolute Gasteiger partial charge is 0.123 e. The Kier molecular flexibility index (Phi) is 4.00. The molecule has 1 unspecified atom stereocenters. The highest BCUT2D eigenvalue weighted by atomic mass is 16.5. The highest BCUT2D eigenvalue weighted by molar-refractivity contribution is 5.24. The molecule has 0 saturated heterocycles. The lowest BCUT2D eigenvalue weighted by Crippen LogP contribution is -2.32. The zero-order valence-corrected chi connectivity index (χ0v) is 10.5. The largest absolute Gasteiger partial charge is 0.490 e. The fourth-order valence-electron chi connectivity index (χ4n) is 1.86. The van der Waals surface area contributed by atoms with Crippen molar-refractivity contribution < 1.29 is 9.84 Å². The van der Waals surface area contributed by atoms with E-state index in [1.54, 1.807) is 0 Å². The van der Waals surface area contributed by atoms with Crippen molar-refractivity contribution in [2.75, 3.05) is 6.61 Å². The summed E-state index contributed by atoms with van der Waals surface area (Å²) in [5, 5.41) is 10.6. The van der Waals surface area contributed by atoms with Crippen molar-refractivity contribution in [3.63, 3.8) is 0 Å². The van der Waals surface area contributed by atoms with Gasteiger partial charge in [-0.15, -0.1) is 0 Å². The molecule has 2 aromatic carbocycles. The second kappa shape index (κ2) is 5.69. The molecule has 18 heavy (non-hydrogen) atoms. The SMILES string of the molecule is CCC(O)(COc1ccccc1)c1ccccc1. The summed E-state index contributed by atoms with van der Waals surface area (Å²) in [6, 6.07) is 19.2. The van der Waals surface area contributed by atoms with Crippen LogP contribution in [0.25, 0.3) is 0 Å². The molecule has 0 heterocycles. The molecule has 2 nitrogen and oxygen atoms in total. The molecule has 0 spiro atoms. The van der Waals surface area contributed by atoms with Crippen LogP contribution in [0.5, 0.6) is 5.75 Å². The van der Waals surface area contributed by atoms with E-state index in [4.69, 9.17) is 4.74 Å². The molecular formula is C16H18O2. The highest BCUT2D eigenvalue weighted by Crippen LogP contribution is 2.25. The van der Waals surface area contributed by atoms with Gasteiger partial charge in [0.2, 0.25) is 0 Å². The van der Waals surface area contributed by atoms with Crippen LogP contribution in [-0.4, -0.2) is 11.7 Å². The first-order chi connectivity index (χ1) is 8.74. The van der Waals surface area contributed by atoms with Crippen LogP contribution in [0.4, 0.5) is 0 Å². The van der Waals surface area contributed by atoms with E-state index in [9.17, 15) is 5.11 Å². The molecule has 2 rings (SSSR count). The molecule has 2 aromatic rings. The molecule has 0 aromatic heterocycles. The number of rotatable bonds is 5. The molecule has 94 valence electrons. The quantitative estimate of drug-likeness (QED) is 0.871. The Morgan fingerprint density at radius 1 is 0.944 bits per heavy atom. The van der Waals surface area contributed by atoms with Crippen LogP contribution in [0.2, 0.25) is 0 Å². The van der Waals surface area contributed by atoms with Crippen molar-refractivity contribution in [3.05, 3.63) is 66.2 Å². The first-order valence-corrected chi connectivity index (χ1v) is 6.20. The van der Waals surface area contributed by atoms with Gasteiger partial charge in [0.15, 0.2) is 0 Å². The van der Waals surface area contributed by atoms with Gasteiger partial charge in [-0.2, -0.15) is 0 Å². The third-order valence-electron chi connectivity index (χ3n) is 3.12. The van der Waals surface area contributed by atoms with Crippen LogP contribution in [0.15, 0.2) is 60.7 Å². The maximum atomic E-state index is 10.6. The summed E-state index contributed by atoms with van der Waals surface area (Å²) in [4.78, 5) is 0. The summed E-state index contributed by atoms with van der Waals surface area (Å²) < 4.78 is 5.67. The van der Waals surface area contributed by atoms with Crippen molar-refractivity contribution in [3.8, 4) is 5.75 Å². The zero-order valence-electron chi connectivity index (χ0n) is 10.5. The van der Waals surface area contributed by atoms with E-state index in [1.807, 2.05) is 67.6 Å². The number of ether oxygens (including phenoxy) is 1. The standard InChI is InChI=1S/C16H18O2/c1-2-16(17,14-9-5-3-6-10-14)13-18-15-11-7-4-8-12-15/h3-12,17H,2,13H2,1H3. The van der Waals surface area contributed by atoms with Gasteiger partial charge in [-0.1, -0.05) is 55.5 Å². The molecule has 2 heteroatoms. The minimum Gasteiger partial charge on any atom is -0.490 e. The number of hydrogen-bond donors (Lipinski definition) is 1. The Balaban J connectivity index is 2.10. The molecule has 1 N–H and O–H groups in total. The first-order valence-electron chi connectivity index (χ1n) is 6.20. The molecular weight excluding hydrogens is 224 g/mol. The van der Waals surface area contributed by atoms with Gasteiger partial charge in [0.25, 0.3) is 0 Å². The molecule has 0 aliphatic heterocycles. The summed E-state index contributed by atoms with van der Waals surface area (Å²) in [7, 11) is 0. The van der Waals surface area contributed by atoms with Crippen LogP contribution in [0.3, 0.4) is 0 Å². The lowest BCUT2D eigenvalue weighted by atomic mass is 9.92. The van der Waals surface area contributed by atoms with E-state index in [-0.39, 0.29) is 6.61 Å². The Morgan fingerprint density at radius 2 is 1.50 bits per heavy atom. The van der Waals surface area contributed by atoms with E-state index in [0.717, 1.165) is 11.3 Å². The van der Waals surface area contributed by atoms with Gasteiger partial charge in [0.05, 0.1) is 0 Å². The average Bonchev–Trinajstić information content (AvgIpc) is 2.47. The summed E-state index contributed by atoms with van der Waals surface area (Å²) in [5.41, 5.74) is -0.0414. The third kappa shape index (κ3) is 2.90. The number of aliphatic hydroxyl groups is 1. The van der Waals surface area contributed by atoms with Gasteiger partial charge in [0.1, 0.15) is 18.0 Å². The van der Waals surface area contributed by atoms with Gasteiger partial charge < -0.3 is 9.84 Å². The second-order valence-electron chi connectivity index (χ2n) is 4.35. The predicted octanol–water partition coefficient (Wildman–Crippen LogP) is 3.36. The Bertz CT molecular complexity index is 467. The lowest BCUT2D eigenvalue weighted by Gasteiger charge is -2.27. The minimum atomic E-state index is -0.933. The van der Waals surface area contributed by atoms with Crippen molar-refractivity contribution in [2.45, 2.75) is 18.9 Å². The summed E-state index contributed by atoms with van der Waals surface area (Å²) in [6.07, 6.45) is 0.615. The van der Waals surface area contributed by atoms with E-state index in [0.29, 0.717) is 6.42 Å². The average molecular weight is 242 g/mol. The Hall–Kier alpha value is -1.80. The van der Waals surface area contributed by atoms with Crippen molar-refractivity contribution in [1.29, 1.82) is 0 Å². The van der Waals surface area contributed by atoms with Gasteiger partial charge >= 0.3 is 0 Å². The molecule has 0 radical (unpaired) electrons. The van der Waals surface area contributed by atoms with Crippen LogP contribution >= 0.6 is 0 Å². The van der Waals surface area contributed by atoms with Crippen molar-refractivity contribution in [2.24, 2.45) is 0 Å². The minimum absolute atomic E-state index is 0.261. The second-order valence-corrected chi connectivity index (χ2v) is 4.35. The van der Waals surface area contributed by atoms with Gasteiger partial charge in [-0.25, -0.2) is 0 Å². The fourth-order valence-corrected chi connectivity index (χ4v) is 1.86. The normalized spacial score (nSPS) is 13.9. The Morgan fingerprint density at radius 3 is 2.06 bits per heavy atom. The number of para-hydroxylation sites is 1. The number of hydrogen-bond acceptors (Lipinski definition) is 2. The van der Waals surface area contributed by atoms with Crippen LogP contribution in [0.1, 0.15) is 18.9 Å². The fraction of sp³-hybridized carbons (Fsp3) is 0.250. The van der Waals surface area contributed by atoms with E-state index < -0.39 is 5.60 Å². The van der Waals surface area contributed by atoms with E-state index in [2.05, 4.69) is 0 Å². The Labute approximate surface area is 108 Å². The lowest BCUT2D eigenvalue weighted by molar-refractivity contribution is -0.0129. The molecule has 0 aliphatic rings. The van der Waals surface area contributed by atoms with Gasteiger partial charge in [0, 0.05) is 0 Å². The number of benzene rings is 2.